The van der Waals surface area contributed by atoms with Crippen LogP contribution in [-0.4, -0.2) is 23.9 Å². The summed E-state index contributed by atoms with van der Waals surface area (Å²) in [4.78, 5) is 14.2. The van der Waals surface area contributed by atoms with Gasteiger partial charge >= 0.3 is 0 Å². The SMILES string of the molecule is Cc1ccc(C(N)CN2CCC(C)(C)CCC2=O)cc1C. The van der Waals surface area contributed by atoms with Crippen LogP contribution >= 0.6 is 0 Å². The molecule has 2 N–H and O–H groups in total. The molecule has 1 aliphatic rings. The van der Waals surface area contributed by atoms with Gasteiger partial charge in [0.2, 0.25) is 5.91 Å². The van der Waals surface area contributed by atoms with Crippen molar-refractivity contribution in [2.24, 2.45) is 11.1 Å². The molecule has 1 amide bonds. The Morgan fingerprint density at radius 3 is 2.62 bits per heavy atom. The summed E-state index contributed by atoms with van der Waals surface area (Å²) >= 11 is 0. The molecule has 2 rings (SSSR count). The highest BCUT2D eigenvalue weighted by Crippen LogP contribution is 2.30. The zero-order valence-electron chi connectivity index (χ0n) is 13.8. The van der Waals surface area contributed by atoms with Crippen molar-refractivity contribution < 1.29 is 4.79 Å². The molecule has 3 nitrogen and oxygen atoms in total. The van der Waals surface area contributed by atoms with E-state index in [2.05, 4.69) is 45.9 Å². The summed E-state index contributed by atoms with van der Waals surface area (Å²) in [7, 11) is 0. The number of likely N-dealkylation sites (tertiary alicyclic amines) is 1. The van der Waals surface area contributed by atoms with Crippen LogP contribution in [0.25, 0.3) is 0 Å². The zero-order valence-corrected chi connectivity index (χ0v) is 13.8. The van der Waals surface area contributed by atoms with E-state index in [1.165, 1.54) is 11.1 Å². The smallest absolute Gasteiger partial charge is 0.222 e. The molecule has 1 aromatic rings. The van der Waals surface area contributed by atoms with Gasteiger partial charge in [0.05, 0.1) is 0 Å². The molecule has 1 saturated heterocycles. The molecule has 1 aromatic carbocycles. The fourth-order valence-electron chi connectivity index (χ4n) is 2.82. The summed E-state index contributed by atoms with van der Waals surface area (Å²) in [5.74, 6) is 0.250. The lowest BCUT2D eigenvalue weighted by molar-refractivity contribution is -0.130. The number of amides is 1. The van der Waals surface area contributed by atoms with Crippen LogP contribution in [0.3, 0.4) is 0 Å². The molecule has 21 heavy (non-hydrogen) atoms. The Morgan fingerprint density at radius 1 is 1.24 bits per heavy atom. The van der Waals surface area contributed by atoms with Crippen molar-refractivity contribution in [2.75, 3.05) is 13.1 Å². The summed E-state index contributed by atoms with van der Waals surface area (Å²) in [5.41, 5.74) is 10.2. The van der Waals surface area contributed by atoms with Gasteiger partial charge in [0.25, 0.3) is 0 Å². The van der Waals surface area contributed by atoms with E-state index in [-0.39, 0.29) is 17.4 Å². The van der Waals surface area contributed by atoms with E-state index in [9.17, 15) is 4.79 Å². The van der Waals surface area contributed by atoms with Crippen LogP contribution in [0.4, 0.5) is 0 Å². The summed E-state index contributed by atoms with van der Waals surface area (Å²) in [6.45, 7) is 10.1. The summed E-state index contributed by atoms with van der Waals surface area (Å²) < 4.78 is 0. The Hall–Kier alpha value is -1.35. The molecule has 1 aliphatic heterocycles. The maximum Gasteiger partial charge on any atom is 0.222 e. The minimum absolute atomic E-state index is 0.102. The van der Waals surface area contributed by atoms with Gasteiger partial charge in [0.1, 0.15) is 0 Å². The van der Waals surface area contributed by atoms with Crippen LogP contribution in [0.15, 0.2) is 18.2 Å². The summed E-state index contributed by atoms with van der Waals surface area (Å²) in [5, 5.41) is 0. The lowest BCUT2D eigenvalue weighted by atomic mass is 9.85. The fraction of sp³-hybridized carbons (Fsp3) is 0.611. The molecule has 1 heterocycles. The van der Waals surface area contributed by atoms with E-state index in [1.807, 2.05) is 4.90 Å². The molecule has 3 heteroatoms. The van der Waals surface area contributed by atoms with E-state index in [1.54, 1.807) is 0 Å². The van der Waals surface area contributed by atoms with E-state index in [4.69, 9.17) is 5.73 Å². The normalized spacial score (nSPS) is 20.2. The minimum atomic E-state index is -0.102. The van der Waals surface area contributed by atoms with Gasteiger partial charge in [-0.3, -0.25) is 4.79 Å². The number of aryl methyl sites for hydroxylation is 2. The molecule has 116 valence electrons. The molecule has 0 radical (unpaired) electrons. The van der Waals surface area contributed by atoms with Crippen LogP contribution in [0.5, 0.6) is 0 Å². The Bertz CT molecular complexity index is 522. The number of hydrogen-bond acceptors (Lipinski definition) is 2. The first-order chi connectivity index (χ1) is 9.78. The van der Waals surface area contributed by atoms with Crippen molar-refractivity contribution in [3.05, 3.63) is 34.9 Å². The number of nitrogens with zero attached hydrogens (tertiary/aromatic N) is 1. The van der Waals surface area contributed by atoms with Gasteiger partial charge in [-0.2, -0.15) is 0 Å². The molecule has 0 aliphatic carbocycles. The number of hydrogen-bond donors (Lipinski definition) is 1. The highest BCUT2D eigenvalue weighted by molar-refractivity contribution is 5.76. The predicted octanol–water partition coefficient (Wildman–Crippen LogP) is 3.34. The molecule has 0 bridgehead atoms. The Kier molecular flexibility index (Phi) is 4.72. The van der Waals surface area contributed by atoms with Crippen LogP contribution in [0.1, 0.15) is 55.8 Å². The summed E-state index contributed by atoms with van der Waals surface area (Å²) in [6, 6.07) is 6.23. The van der Waals surface area contributed by atoms with Gasteiger partial charge in [-0.15, -0.1) is 0 Å². The maximum atomic E-state index is 12.3. The number of carbonyl (C=O) groups is 1. The second-order valence-electron chi connectivity index (χ2n) is 7.20. The van der Waals surface area contributed by atoms with Crippen molar-refractivity contribution in [1.82, 2.24) is 4.90 Å². The van der Waals surface area contributed by atoms with Crippen molar-refractivity contribution in [2.45, 2.75) is 53.0 Å². The highest BCUT2D eigenvalue weighted by atomic mass is 16.2. The second kappa shape index (κ2) is 6.18. The quantitative estimate of drug-likeness (QED) is 0.927. The third-order valence-electron chi connectivity index (χ3n) is 4.80. The van der Waals surface area contributed by atoms with Gasteiger partial charge in [0.15, 0.2) is 0 Å². The molecule has 0 aromatic heterocycles. The second-order valence-corrected chi connectivity index (χ2v) is 7.20. The Balaban J connectivity index is 2.05. The van der Waals surface area contributed by atoms with Crippen LogP contribution in [0.2, 0.25) is 0 Å². The van der Waals surface area contributed by atoms with E-state index in [0.29, 0.717) is 13.0 Å². The maximum absolute atomic E-state index is 12.3. The zero-order chi connectivity index (χ0) is 15.6. The van der Waals surface area contributed by atoms with Crippen LogP contribution in [0, 0.1) is 19.3 Å². The number of rotatable bonds is 3. The molecule has 1 unspecified atom stereocenters. The Labute approximate surface area is 128 Å². The third-order valence-corrected chi connectivity index (χ3v) is 4.80. The molecule has 1 atom stereocenters. The lowest BCUT2D eigenvalue weighted by Crippen LogP contribution is -2.37. The largest absolute Gasteiger partial charge is 0.341 e. The van der Waals surface area contributed by atoms with Gasteiger partial charge < -0.3 is 10.6 Å². The lowest BCUT2D eigenvalue weighted by Gasteiger charge is -2.26. The van der Waals surface area contributed by atoms with Crippen molar-refractivity contribution >= 4 is 5.91 Å². The van der Waals surface area contributed by atoms with Crippen LogP contribution < -0.4 is 5.73 Å². The predicted molar refractivity (Wildman–Crippen MR) is 87.1 cm³/mol. The first-order valence-electron chi connectivity index (χ1n) is 7.89. The topological polar surface area (TPSA) is 46.3 Å². The van der Waals surface area contributed by atoms with Crippen molar-refractivity contribution in [3.63, 3.8) is 0 Å². The van der Waals surface area contributed by atoms with Crippen molar-refractivity contribution in [1.29, 1.82) is 0 Å². The average Bonchev–Trinajstić information content (AvgIpc) is 2.55. The fourth-order valence-corrected chi connectivity index (χ4v) is 2.82. The Morgan fingerprint density at radius 2 is 1.95 bits per heavy atom. The first-order valence-corrected chi connectivity index (χ1v) is 7.89. The first kappa shape index (κ1) is 16.0. The van der Waals surface area contributed by atoms with Gasteiger partial charge in [-0.05, 0) is 48.8 Å². The number of carbonyl (C=O) groups excluding carboxylic acids is 1. The molecule has 1 fully saturated rings. The van der Waals surface area contributed by atoms with Crippen LogP contribution in [-0.2, 0) is 4.79 Å². The molecule has 0 spiro atoms. The van der Waals surface area contributed by atoms with Crippen molar-refractivity contribution in [3.8, 4) is 0 Å². The molecule has 0 saturated carbocycles. The van der Waals surface area contributed by atoms with Gasteiger partial charge in [-0.25, -0.2) is 0 Å². The highest BCUT2D eigenvalue weighted by Gasteiger charge is 2.28. The van der Waals surface area contributed by atoms with Gasteiger partial charge in [0, 0.05) is 25.6 Å². The number of benzene rings is 1. The molecular formula is C18H28N2O. The molecular weight excluding hydrogens is 260 g/mol. The van der Waals surface area contributed by atoms with E-state index in [0.717, 1.165) is 24.9 Å². The number of nitrogens with two attached hydrogens (primary N) is 1. The monoisotopic (exact) mass is 288 g/mol. The van der Waals surface area contributed by atoms with E-state index >= 15 is 0 Å². The average molecular weight is 288 g/mol. The minimum Gasteiger partial charge on any atom is -0.341 e. The third kappa shape index (κ3) is 4.07. The standard InChI is InChI=1S/C18H28N2O/c1-13-5-6-15(11-14(13)2)16(19)12-20-10-9-18(3,4)8-7-17(20)21/h5-6,11,16H,7-10,12,19H2,1-4H3. The van der Waals surface area contributed by atoms with Gasteiger partial charge in [-0.1, -0.05) is 32.0 Å². The van der Waals surface area contributed by atoms with E-state index < -0.39 is 0 Å². The summed E-state index contributed by atoms with van der Waals surface area (Å²) in [6.07, 6.45) is 2.67.